The Morgan fingerprint density at radius 1 is 0.857 bits per heavy atom. The maximum atomic E-state index is 12.2. The molecule has 0 amide bonds. The molecule has 0 bridgehead atoms. The predicted octanol–water partition coefficient (Wildman–Crippen LogP) is 8.36. The van der Waals surface area contributed by atoms with Crippen LogP contribution in [0.5, 0.6) is 11.5 Å². The third-order valence-corrected chi connectivity index (χ3v) is 6.36. The molecule has 0 spiro atoms. The number of ether oxygens (including phenoxy) is 3. The summed E-state index contributed by atoms with van der Waals surface area (Å²) in [5.41, 5.74) is 1.56. The molecule has 3 rings (SSSR count). The molecule has 4 heteroatoms. The standard InChI is InChI=1S/C31H40O4/c1-4-6-7-8-9-10-20-33-28-18-19-29-27(21-28)12-11-13-30(29)34-23-25-14-16-26(17-15-25)31(32)35-22-24(3)5-2/h11-19,21,24H,4-10,20,22-23H2,1-3H3/t24-/m1/s1. The monoisotopic (exact) mass is 476 g/mol. The molecule has 0 aliphatic heterocycles. The zero-order valence-corrected chi connectivity index (χ0v) is 21.6. The fourth-order valence-corrected chi connectivity index (χ4v) is 3.84. The molecule has 0 heterocycles. The van der Waals surface area contributed by atoms with Crippen molar-refractivity contribution in [3.8, 4) is 11.5 Å². The van der Waals surface area contributed by atoms with Gasteiger partial charge < -0.3 is 14.2 Å². The predicted molar refractivity (Wildman–Crippen MR) is 143 cm³/mol. The van der Waals surface area contributed by atoms with E-state index in [1.165, 1.54) is 32.1 Å². The molecule has 0 unspecified atom stereocenters. The minimum absolute atomic E-state index is 0.277. The summed E-state index contributed by atoms with van der Waals surface area (Å²) in [4.78, 5) is 12.2. The van der Waals surface area contributed by atoms with Crippen molar-refractivity contribution in [2.75, 3.05) is 13.2 Å². The van der Waals surface area contributed by atoms with Crippen LogP contribution in [0.1, 0.15) is 81.6 Å². The van der Waals surface area contributed by atoms with Crippen LogP contribution in [0.4, 0.5) is 0 Å². The van der Waals surface area contributed by atoms with Crippen LogP contribution in [0.15, 0.2) is 60.7 Å². The molecular weight excluding hydrogens is 436 g/mol. The van der Waals surface area contributed by atoms with Crippen LogP contribution in [0, 0.1) is 5.92 Å². The van der Waals surface area contributed by atoms with Crippen LogP contribution in [0.2, 0.25) is 0 Å². The van der Waals surface area contributed by atoms with E-state index in [1.54, 1.807) is 12.1 Å². The average molecular weight is 477 g/mol. The molecule has 188 valence electrons. The zero-order valence-electron chi connectivity index (χ0n) is 21.6. The molecule has 4 nitrogen and oxygen atoms in total. The molecule has 0 N–H and O–H groups in total. The van der Waals surface area contributed by atoms with Gasteiger partial charge in [0.1, 0.15) is 18.1 Å². The number of carbonyl (C=O) groups is 1. The van der Waals surface area contributed by atoms with Crippen molar-refractivity contribution in [3.05, 3.63) is 71.8 Å². The molecule has 0 aliphatic rings. The SMILES string of the molecule is CCCCCCCCOc1ccc2c(OCc3ccc(C(=O)OC[C@H](C)CC)cc3)cccc2c1. The van der Waals surface area contributed by atoms with Crippen molar-refractivity contribution < 1.29 is 19.0 Å². The van der Waals surface area contributed by atoms with E-state index in [2.05, 4.69) is 39.0 Å². The van der Waals surface area contributed by atoms with Crippen molar-refractivity contribution in [1.29, 1.82) is 0 Å². The lowest BCUT2D eigenvalue weighted by molar-refractivity contribution is 0.0447. The van der Waals surface area contributed by atoms with E-state index in [0.717, 1.165) is 47.3 Å². The van der Waals surface area contributed by atoms with Gasteiger partial charge in [-0.25, -0.2) is 4.79 Å². The fraction of sp³-hybridized carbons (Fsp3) is 0.452. The smallest absolute Gasteiger partial charge is 0.338 e. The van der Waals surface area contributed by atoms with Gasteiger partial charge in [0.15, 0.2) is 0 Å². The third-order valence-electron chi connectivity index (χ3n) is 6.36. The van der Waals surface area contributed by atoms with E-state index in [4.69, 9.17) is 14.2 Å². The highest BCUT2D eigenvalue weighted by Gasteiger charge is 2.10. The average Bonchev–Trinajstić information content (AvgIpc) is 2.89. The second-order valence-corrected chi connectivity index (χ2v) is 9.35. The molecular formula is C31H40O4. The van der Waals surface area contributed by atoms with Gasteiger partial charge in [-0.05, 0) is 59.7 Å². The number of benzene rings is 3. The lowest BCUT2D eigenvalue weighted by Gasteiger charge is -2.12. The van der Waals surface area contributed by atoms with Crippen LogP contribution in [-0.4, -0.2) is 19.2 Å². The van der Waals surface area contributed by atoms with Crippen molar-refractivity contribution in [3.63, 3.8) is 0 Å². The topological polar surface area (TPSA) is 44.8 Å². The summed E-state index contributed by atoms with van der Waals surface area (Å²) in [6.07, 6.45) is 8.54. The molecule has 0 radical (unpaired) electrons. The minimum atomic E-state index is -0.277. The van der Waals surface area contributed by atoms with Crippen molar-refractivity contribution in [2.45, 2.75) is 72.3 Å². The first kappa shape index (κ1) is 26.6. The molecule has 0 fully saturated rings. The minimum Gasteiger partial charge on any atom is -0.494 e. The van der Waals surface area contributed by atoms with Crippen LogP contribution < -0.4 is 9.47 Å². The number of carbonyl (C=O) groups excluding carboxylic acids is 1. The highest BCUT2D eigenvalue weighted by molar-refractivity contribution is 5.90. The van der Waals surface area contributed by atoms with Gasteiger partial charge in [-0.15, -0.1) is 0 Å². The van der Waals surface area contributed by atoms with Gasteiger partial charge in [0.2, 0.25) is 0 Å². The first-order valence-electron chi connectivity index (χ1n) is 13.1. The molecule has 0 aromatic heterocycles. The second kappa shape index (κ2) is 14.4. The summed E-state index contributed by atoms with van der Waals surface area (Å²) in [6.45, 7) is 8.05. The Hall–Kier alpha value is -3.01. The van der Waals surface area contributed by atoms with Crippen LogP contribution in [0.3, 0.4) is 0 Å². The Morgan fingerprint density at radius 2 is 1.63 bits per heavy atom. The van der Waals surface area contributed by atoms with Gasteiger partial charge in [-0.3, -0.25) is 0 Å². The van der Waals surface area contributed by atoms with E-state index in [0.29, 0.717) is 24.7 Å². The Balaban J connectivity index is 1.51. The van der Waals surface area contributed by atoms with Crippen LogP contribution in [0.25, 0.3) is 10.8 Å². The number of unbranched alkanes of at least 4 members (excludes halogenated alkanes) is 5. The number of esters is 1. The van der Waals surface area contributed by atoms with Crippen LogP contribution >= 0.6 is 0 Å². The highest BCUT2D eigenvalue weighted by Crippen LogP contribution is 2.29. The van der Waals surface area contributed by atoms with Crippen molar-refractivity contribution >= 4 is 16.7 Å². The fourth-order valence-electron chi connectivity index (χ4n) is 3.84. The quantitative estimate of drug-likeness (QED) is 0.163. The Labute approximate surface area is 210 Å². The Morgan fingerprint density at radius 3 is 2.40 bits per heavy atom. The molecule has 35 heavy (non-hydrogen) atoms. The van der Waals surface area contributed by atoms with E-state index < -0.39 is 0 Å². The summed E-state index contributed by atoms with van der Waals surface area (Å²) in [7, 11) is 0. The van der Waals surface area contributed by atoms with E-state index in [1.807, 2.05) is 30.3 Å². The summed E-state index contributed by atoms with van der Waals surface area (Å²) >= 11 is 0. The molecule has 3 aromatic rings. The normalized spacial score (nSPS) is 11.9. The number of hydrogen-bond donors (Lipinski definition) is 0. The maximum Gasteiger partial charge on any atom is 0.338 e. The number of rotatable bonds is 15. The molecule has 0 saturated heterocycles. The largest absolute Gasteiger partial charge is 0.494 e. The summed E-state index contributed by atoms with van der Waals surface area (Å²) < 4.78 is 17.5. The third kappa shape index (κ3) is 8.61. The van der Waals surface area contributed by atoms with Gasteiger partial charge in [0, 0.05) is 5.39 Å². The second-order valence-electron chi connectivity index (χ2n) is 9.35. The van der Waals surface area contributed by atoms with Gasteiger partial charge in [0.25, 0.3) is 0 Å². The van der Waals surface area contributed by atoms with Gasteiger partial charge in [-0.1, -0.05) is 83.6 Å². The lowest BCUT2D eigenvalue weighted by atomic mass is 10.1. The van der Waals surface area contributed by atoms with Gasteiger partial charge in [0.05, 0.1) is 18.8 Å². The Kier molecular flexibility index (Phi) is 10.9. The van der Waals surface area contributed by atoms with Crippen molar-refractivity contribution in [2.24, 2.45) is 5.92 Å². The highest BCUT2D eigenvalue weighted by atomic mass is 16.5. The molecule has 0 aliphatic carbocycles. The first-order valence-corrected chi connectivity index (χ1v) is 13.1. The van der Waals surface area contributed by atoms with Crippen molar-refractivity contribution in [1.82, 2.24) is 0 Å². The molecule has 0 saturated carbocycles. The molecule has 1 atom stereocenters. The number of fused-ring (bicyclic) bond motifs is 1. The molecule has 3 aromatic carbocycles. The number of hydrogen-bond acceptors (Lipinski definition) is 4. The first-order chi connectivity index (χ1) is 17.1. The summed E-state index contributed by atoms with van der Waals surface area (Å²) in [6, 6.07) is 19.7. The van der Waals surface area contributed by atoms with Gasteiger partial charge in [-0.2, -0.15) is 0 Å². The maximum absolute atomic E-state index is 12.2. The van der Waals surface area contributed by atoms with Gasteiger partial charge >= 0.3 is 5.97 Å². The van der Waals surface area contributed by atoms with E-state index in [9.17, 15) is 4.79 Å². The van der Waals surface area contributed by atoms with Crippen LogP contribution in [-0.2, 0) is 11.3 Å². The summed E-state index contributed by atoms with van der Waals surface area (Å²) in [5.74, 6) is 1.83. The zero-order chi connectivity index (χ0) is 24.9. The van der Waals surface area contributed by atoms with E-state index >= 15 is 0 Å². The Bertz CT molecular complexity index is 1040. The lowest BCUT2D eigenvalue weighted by Crippen LogP contribution is -2.11. The van der Waals surface area contributed by atoms with E-state index in [-0.39, 0.29) is 5.97 Å². The summed E-state index contributed by atoms with van der Waals surface area (Å²) in [5, 5.41) is 2.16.